The fourth-order valence-electron chi connectivity index (χ4n) is 4.35. The molecule has 1 aromatic carbocycles. The summed E-state index contributed by atoms with van der Waals surface area (Å²) in [4.78, 5) is 0. The molecule has 2 nitrogen and oxygen atoms in total. The normalized spacial score (nSPS) is 24.3. The molecule has 2 aliphatic rings. The monoisotopic (exact) mass is 439 g/mol. The van der Waals surface area contributed by atoms with E-state index in [2.05, 4.69) is 59.4 Å². The minimum atomic E-state index is -0.933. The van der Waals surface area contributed by atoms with Crippen LogP contribution in [0, 0.1) is 29.4 Å². The number of halogens is 3. The second-order valence-electron chi connectivity index (χ2n) is 8.35. The van der Waals surface area contributed by atoms with Crippen LogP contribution >= 0.6 is 15.9 Å². The summed E-state index contributed by atoms with van der Waals surface area (Å²) in [5.74, 6) is 0.285. The highest BCUT2D eigenvalue weighted by Gasteiger charge is 2.34. The van der Waals surface area contributed by atoms with E-state index < -0.39 is 11.6 Å². The third-order valence-electron chi connectivity index (χ3n) is 5.53. The van der Waals surface area contributed by atoms with Gasteiger partial charge in [0.2, 0.25) is 5.82 Å². The summed E-state index contributed by atoms with van der Waals surface area (Å²) >= 11 is 3.15. The van der Waals surface area contributed by atoms with Gasteiger partial charge in [-0.25, -0.2) is 4.39 Å². The first-order valence-corrected chi connectivity index (χ1v) is 10.5. The number of benzene rings is 1. The van der Waals surface area contributed by atoms with E-state index >= 15 is 0 Å². The van der Waals surface area contributed by atoms with Gasteiger partial charge < -0.3 is 10.1 Å². The lowest BCUT2D eigenvalue weighted by Gasteiger charge is -2.29. The quantitative estimate of drug-likeness (QED) is 0.394. The van der Waals surface area contributed by atoms with Crippen molar-refractivity contribution in [2.24, 2.45) is 17.8 Å². The van der Waals surface area contributed by atoms with Gasteiger partial charge in [0.25, 0.3) is 0 Å². The zero-order chi connectivity index (χ0) is 19.4. The summed E-state index contributed by atoms with van der Waals surface area (Å²) in [7, 11) is 0. The largest absolute Gasteiger partial charge is 0.490 e. The predicted molar refractivity (Wildman–Crippen MR) is 109 cm³/mol. The van der Waals surface area contributed by atoms with Gasteiger partial charge in [0.05, 0.1) is 6.61 Å². The average molecular weight is 440 g/mol. The number of allylic oxidation sites excluding steroid dienone is 4. The van der Waals surface area contributed by atoms with Gasteiger partial charge in [-0.1, -0.05) is 40.2 Å². The molecule has 148 valence electrons. The Labute approximate surface area is 169 Å². The summed E-state index contributed by atoms with van der Waals surface area (Å²) in [5.41, 5.74) is 0.0543. The Balaban J connectivity index is 1.38. The Bertz CT molecular complexity index is 697. The van der Waals surface area contributed by atoms with Crippen molar-refractivity contribution in [3.8, 4) is 5.75 Å². The molecule has 0 heterocycles. The van der Waals surface area contributed by atoms with E-state index in [1.165, 1.54) is 18.9 Å². The standard InChI is InChI=1S/C22H28BrF2NO/c1-22(2,14-15-10-16-6-3-4-7-17(16)11-15)26-8-5-9-27-20-13-18(23)12-19(24)21(20)25/h3-4,6-7,12-13,15-17,26H,5,8-11,14H2,1-2H3. The fourth-order valence-corrected chi connectivity index (χ4v) is 4.76. The summed E-state index contributed by atoms with van der Waals surface area (Å²) in [6.07, 6.45) is 13.5. The molecule has 27 heavy (non-hydrogen) atoms. The van der Waals surface area contributed by atoms with E-state index in [9.17, 15) is 8.78 Å². The highest BCUT2D eigenvalue weighted by molar-refractivity contribution is 9.10. The van der Waals surface area contributed by atoms with Crippen LogP contribution in [-0.4, -0.2) is 18.7 Å². The molecule has 1 N–H and O–H groups in total. The molecule has 3 rings (SSSR count). The zero-order valence-electron chi connectivity index (χ0n) is 16.0. The third kappa shape index (κ3) is 5.64. The number of hydrogen-bond donors (Lipinski definition) is 1. The van der Waals surface area contributed by atoms with E-state index in [0.29, 0.717) is 22.9 Å². The lowest BCUT2D eigenvalue weighted by Crippen LogP contribution is -2.41. The van der Waals surface area contributed by atoms with Gasteiger partial charge in [-0.2, -0.15) is 4.39 Å². The molecule has 0 saturated heterocycles. The molecule has 0 aliphatic heterocycles. The van der Waals surface area contributed by atoms with Crippen molar-refractivity contribution >= 4 is 15.9 Å². The number of nitrogens with one attached hydrogen (secondary N) is 1. The van der Waals surface area contributed by atoms with Crippen LogP contribution in [0.4, 0.5) is 8.78 Å². The Morgan fingerprint density at radius 3 is 2.48 bits per heavy atom. The van der Waals surface area contributed by atoms with Crippen molar-refractivity contribution < 1.29 is 13.5 Å². The van der Waals surface area contributed by atoms with Crippen LogP contribution in [0.25, 0.3) is 0 Å². The Hall–Kier alpha value is -1.20. The van der Waals surface area contributed by atoms with Crippen LogP contribution in [0.5, 0.6) is 5.75 Å². The summed E-state index contributed by atoms with van der Waals surface area (Å²) in [5, 5.41) is 3.60. The van der Waals surface area contributed by atoms with Crippen molar-refractivity contribution in [2.75, 3.05) is 13.2 Å². The lowest BCUT2D eigenvalue weighted by molar-refractivity contribution is 0.261. The minimum absolute atomic E-state index is 0.0456. The topological polar surface area (TPSA) is 21.3 Å². The molecule has 5 heteroatoms. The van der Waals surface area contributed by atoms with Gasteiger partial charge in [0.1, 0.15) is 0 Å². The molecule has 0 amide bonds. The highest BCUT2D eigenvalue weighted by atomic mass is 79.9. The molecule has 1 saturated carbocycles. The van der Waals surface area contributed by atoms with Crippen LogP contribution in [0.2, 0.25) is 0 Å². The summed E-state index contributed by atoms with van der Waals surface area (Å²) in [6, 6.07) is 2.55. The first kappa shape index (κ1) is 20.5. The fraction of sp³-hybridized carbons (Fsp3) is 0.545. The minimum Gasteiger partial charge on any atom is -0.490 e. The molecule has 0 aromatic heterocycles. The van der Waals surface area contributed by atoms with Crippen molar-refractivity contribution in [2.45, 2.75) is 45.1 Å². The molecule has 2 unspecified atom stereocenters. The maximum Gasteiger partial charge on any atom is 0.200 e. The molecule has 0 spiro atoms. The highest BCUT2D eigenvalue weighted by Crippen LogP contribution is 2.42. The maximum absolute atomic E-state index is 13.7. The van der Waals surface area contributed by atoms with Crippen LogP contribution in [-0.2, 0) is 0 Å². The van der Waals surface area contributed by atoms with Crippen molar-refractivity contribution in [1.82, 2.24) is 5.32 Å². The third-order valence-corrected chi connectivity index (χ3v) is 5.99. The van der Waals surface area contributed by atoms with Crippen LogP contribution in [0.3, 0.4) is 0 Å². The van der Waals surface area contributed by atoms with Crippen molar-refractivity contribution in [3.05, 3.63) is 52.5 Å². The molecule has 1 aromatic rings. The van der Waals surface area contributed by atoms with Gasteiger partial charge in [-0.15, -0.1) is 0 Å². The number of ether oxygens (including phenoxy) is 1. The molecule has 1 fully saturated rings. The smallest absolute Gasteiger partial charge is 0.200 e. The van der Waals surface area contributed by atoms with Crippen molar-refractivity contribution in [1.29, 1.82) is 0 Å². The molecule has 2 atom stereocenters. The maximum atomic E-state index is 13.7. The van der Waals surface area contributed by atoms with Crippen LogP contribution in [0.15, 0.2) is 40.9 Å². The summed E-state index contributed by atoms with van der Waals surface area (Å²) in [6.45, 7) is 5.61. The number of hydrogen-bond acceptors (Lipinski definition) is 2. The SMILES string of the molecule is CC(C)(CC1CC2C=CC=CC2C1)NCCCOc1cc(Br)cc(F)c1F. The molecular formula is C22H28BrF2NO. The molecular weight excluding hydrogens is 412 g/mol. The van der Waals surface area contributed by atoms with E-state index in [1.807, 2.05) is 0 Å². The van der Waals surface area contributed by atoms with Gasteiger partial charge in [0, 0.05) is 10.0 Å². The Morgan fingerprint density at radius 1 is 1.15 bits per heavy atom. The second kappa shape index (κ2) is 8.87. The molecule has 0 radical (unpaired) electrons. The van der Waals surface area contributed by atoms with Gasteiger partial charge >= 0.3 is 0 Å². The Kier molecular flexibility index (Phi) is 6.74. The lowest BCUT2D eigenvalue weighted by atomic mass is 9.88. The van der Waals surface area contributed by atoms with Gasteiger partial charge in [-0.3, -0.25) is 0 Å². The van der Waals surface area contributed by atoms with E-state index in [1.54, 1.807) is 0 Å². The van der Waals surface area contributed by atoms with Crippen LogP contribution in [0.1, 0.15) is 39.5 Å². The predicted octanol–water partition coefficient (Wildman–Crippen LogP) is 6.02. The van der Waals surface area contributed by atoms with Gasteiger partial charge in [-0.05, 0) is 76.0 Å². The van der Waals surface area contributed by atoms with Gasteiger partial charge in [0.15, 0.2) is 11.6 Å². The van der Waals surface area contributed by atoms with Crippen molar-refractivity contribution in [3.63, 3.8) is 0 Å². The number of fused-ring (bicyclic) bond motifs is 1. The second-order valence-corrected chi connectivity index (χ2v) is 9.27. The first-order valence-electron chi connectivity index (χ1n) is 9.71. The van der Waals surface area contributed by atoms with E-state index in [0.717, 1.165) is 31.4 Å². The Morgan fingerprint density at radius 2 is 1.81 bits per heavy atom. The number of rotatable bonds is 8. The van der Waals surface area contributed by atoms with E-state index in [4.69, 9.17) is 4.74 Å². The summed E-state index contributed by atoms with van der Waals surface area (Å²) < 4.78 is 32.9. The zero-order valence-corrected chi connectivity index (χ0v) is 17.6. The van der Waals surface area contributed by atoms with Crippen LogP contribution < -0.4 is 10.1 Å². The molecule has 2 aliphatic carbocycles. The van der Waals surface area contributed by atoms with E-state index in [-0.39, 0.29) is 11.3 Å². The average Bonchev–Trinajstić information content (AvgIpc) is 2.99. The first-order chi connectivity index (χ1) is 12.8. The molecule has 0 bridgehead atoms.